The smallest absolute Gasteiger partial charge is 0.0821 e. The fourth-order valence-corrected chi connectivity index (χ4v) is 0.520. The molecule has 0 radical (unpaired) electrons. The van der Waals surface area contributed by atoms with Crippen LogP contribution in [0.15, 0.2) is 0 Å². The van der Waals surface area contributed by atoms with Gasteiger partial charge in [-0.2, -0.15) is 0 Å². The van der Waals surface area contributed by atoms with E-state index in [1.807, 2.05) is 0 Å². The molecule has 0 aromatic carbocycles. The van der Waals surface area contributed by atoms with Gasteiger partial charge < -0.3 is 9.84 Å². The Morgan fingerprint density at radius 1 is 2.29 bits per heavy atom. The van der Waals surface area contributed by atoms with Crippen LogP contribution in [0.1, 0.15) is 16.1 Å². The van der Waals surface area contributed by atoms with E-state index in [-0.39, 0.29) is 6.90 Å². The molecule has 1 heterocycles. The van der Waals surface area contributed by atoms with Crippen molar-refractivity contribution in [3.8, 4) is 0 Å². The lowest BCUT2D eigenvalue weighted by atomic mass is 10.2. The van der Waals surface area contributed by atoms with E-state index in [0.717, 1.165) is 0 Å². The number of ether oxygens (including phenoxy) is 1. The maximum Gasteiger partial charge on any atom is 0.0821 e. The summed E-state index contributed by atoms with van der Waals surface area (Å²) in [6, 6.07) is 0. The molecule has 0 unspecified atom stereocenters. The second kappa shape index (κ2) is 1.80. The van der Waals surface area contributed by atoms with Gasteiger partial charge in [0, 0.05) is 7.95 Å². The van der Waals surface area contributed by atoms with Crippen LogP contribution in [0, 0.1) is 0 Å². The van der Waals surface area contributed by atoms with Crippen molar-refractivity contribution >= 4 is 0 Å². The normalized spacial score (nSPS) is 56.4. The predicted molar refractivity (Wildman–Crippen MR) is 26.0 cm³/mol. The molecule has 2 heteroatoms. The summed E-state index contributed by atoms with van der Waals surface area (Å²) in [4.78, 5) is 0. The van der Waals surface area contributed by atoms with Crippen molar-refractivity contribution in [1.82, 2.24) is 0 Å². The molecular formula is C5H10O2. The number of rotatable bonds is 0. The third kappa shape index (κ3) is 0.924. The second-order valence-corrected chi connectivity index (χ2v) is 1.64. The molecule has 1 N–H and O–H groups in total. The number of hydrogen-bond acceptors (Lipinski definition) is 2. The number of hydrogen-bond donors (Lipinski definition) is 1. The third-order valence-corrected chi connectivity index (χ3v) is 1.04. The first kappa shape index (κ1) is 3.05. The first-order valence-electron chi connectivity index (χ1n) is 3.57. The van der Waals surface area contributed by atoms with Crippen molar-refractivity contribution in [2.45, 2.75) is 25.5 Å². The molecule has 0 aromatic rings. The van der Waals surface area contributed by atoms with Crippen molar-refractivity contribution < 1.29 is 12.6 Å². The molecule has 42 valence electrons. The number of aliphatic hydroxyl groups is 1. The van der Waals surface area contributed by atoms with Gasteiger partial charge in [0.25, 0.3) is 0 Å². The Balaban J connectivity index is 2.38. The SMILES string of the molecule is [2H]C[C@H]1O[C@H]([3H])C[C@H]1O. The van der Waals surface area contributed by atoms with Gasteiger partial charge in [0.05, 0.1) is 13.6 Å². The Morgan fingerprint density at radius 2 is 3.14 bits per heavy atom. The monoisotopic (exact) mass is 105 g/mol. The summed E-state index contributed by atoms with van der Waals surface area (Å²) in [5.74, 6) is 0. The minimum atomic E-state index is -0.615. The summed E-state index contributed by atoms with van der Waals surface area (Å²) in [5, 5.41) is 8.99. The van der Waals surface area contributed by atoms with Gasteiger partial charge >= 0.3 is 0 Å². The van der Waals surface area contributed by atoms with E-state index in [2.05, 4.69) is 0 Å². The van der Waals surface area contributed by atoms with Crippen LogP contribution in [0.5, 0.6) is 0 Å². The van der Waals surface area contributed by atoms with Crippen LogP contribution in [0.2, 0.25) is 0 Å². The van der Waals surface area contributed by atoms with Crippen molar-refractivity contribution in [2.24, 2.45) is 0 Å². The Labute approximate surface area is 45.9 Å². The molecule has 1 rings (SSSR count). The first-order chi connectivity index (χ1) is 4.24. The van der Waals surface area contributed by atoms with Gasteiger partial charge in [-0.15, -0.1) is 0 Å². The van der Waals surface area contributed by atoms with Gasteiger partial charge in [0.2, 0.25) is 0 Å². The maximum absolute atomic E-state index is 8.99. The highest BCUT2D eigenvalue weighted by Gasteiger charge is 2.20. The van der Waals surface area contributed by atoms with Crippen LogP contribution in [0.25, 0.3) is 0 Å². The molecule has 0 saturated carbocycles. The molecule has 0 amide bonds. The molecule has 7 heavy (non-hydrogen) atoms. The van der Waals surface area contributed by atoms with E-state index in [1.54, 1.807) is 0 Å². The summed E-state index contributed by atoms with van der Waals surface area (Å²) in [6.45, 7) is -0.563. The van der Waals surface area contributed by atoms with Crippen LogP contribution in [0.4, 0.5) is 0 Å². The van der Waals surface area contributed by atoms with Gasteiger partial charge in [-0.05, 0) is 13.3 Å². The Bertz CT molecular complexity index is 99.0. The lowest BCUT2D eigenvalue weighted by Gasteiger charge is -2.03. The fourth-order valence-electron chi connectivity index (χ4n) is 0.520. The average Bonchev–Trinajstić information content (AvgIpc) is 2.10. The molecule has 1 aliphatic heterocycles. The quantitative estimate of drug-likeness (QED) is 0.475. The molecule has 0 aromatic heterocycles. The summed E-state index contributed by atoms with van der Waals surface area (Å²) in [5.41, 5.74) is 0. The summed E-state index contributed by atoms with van der Waals surface area (Å²) in [6.07, 6.45) is -0.665. The van der Waals surface area contributed by atoms with E-state index in [0.29, 0.717) is 6.42 Å². The van der Waals surface area contributed by atoms with Crippen LogP contribution in [-0.4, -0.2) is 23.9 Å². The Hall–Kier alpha value is -0.0800. The number of aliphatic hydroxyl groups excluding tert-OH is 1. The van der Waals surface area contributed by atoms with E-state index in [1.165, 1.54) is 0 Å². The highest BCUT2D eigenvalue weighted by Crippen LogP contribution is 2.10. The molecule has 3 atom stereocenters. The summed E-state index contributed by atoms with van der Waals surface area (Å²) < 4.78 is 18.7. The minimum absolute atomic E-state index is 0.0521. The lowest BCUT2D eigenvalue weighted by Crippen LogP contribution is -2.15. The largest absolute Gasteiger partial charge is 0.390 e. The molecule has 0 bridgehead atoms. The molecule has 1 saturated heterocycles. The average molecular weight is 105 g/mol. The molecular weight excluding hydrogens is 92.1 g/mol. The molecule has 1 fully saturated rings. The zero-order valence-corrected chi connectivity index (χ0v) is 4.00. The predicted octanol–water partition coefficient (Wildman–Crippen LogP) is 0.156. The van der Waals surface area contributed by atoms with E-state index >= 15 is 0 Å². The summed E-state index contributed by atoms with van der Waals surface area (Å²) in [7, 11) is 0. The molecule has 1 aliphatic rings. The van der Waals surface area contributed by atoms with E-state index < -0.39 is 18.8 Å². The van der Waals surface area contributed by atoms with Crippen LogP contribution < -0.4 is 0 Å². The first-order valence-corrected chi connectivity index (χ1v) is 2.29. The van der Waals surface area contributed by atoms with Crippen molar-refractivity contribution in [3.63, 3.8) is 0 Å². The van der Waals surface area contributed by atoms with E-state index in [9.17, 15) is 0 Å². The van der Waals surface area contributed by atoms with Gasteiger partial charge in [-0.25, -0.2) is 0 Å². The van der Waals surface area contributed by atoms with Crippen LogP contribution >= 0.6 is 0 Å². The van der Waals surface area contributed by atoms with Gasteiger partial charge in [-0.3, -0.25) is 0 Å². The topological polar surface area (TPSA) is 29.5 Å². The highest BCUT2D eigenvalue weighted by atomic mass is 16.5. The summed E-state index contributed by atoms with van der Waals surface area (Å²) >= 11 is 0. The van der Waals surface area contributed by atoms with Crippen molar-refractivity contribution in [2.75, 3.05) is 6.58 Å². The zero-order valence-electron chi connectivity index (χ0n) is 6.00. The molecule has 0 spiro atoms. The standard InChI is InChI=1S/C5H10O2/c1-4-5(6)2-3-7-4/h4-6H,2-3H2,1H3/t4-,5-/m1/s1/i1D,3T/t3-,4-,5-. The van der Waals surface area contributed by atoms with Crippen molar-refractivity contribution in [3.05, 3.63) is 0 Å². The lowest BCUT2D eigenvalue weighted by molar-refractivity contribution is 0.0556. The van der Waals surface area contributed by atoms with Crippen LogP contribution in [-0.2, 0) is 4.74 Å². The van der Waals surface area contributed by atoms with Gasteiger partial charge in [-0.1, -0.05) is 0 Å². The molecule has 0 aliphatic carbocycles. The maximum atomic E-state index is 8.99. The zero-order chi connectivity index (χ0) is 6.85. The van der Waals surface area contributed by atoms with Crippen molar-refractivity contribution in [1.29, 1.82) is 0 Å². The molecule has 2 nitrogen and oxygen atoms in total. The van der Waals surface area contributed by atoms with E-state index in [4.69, 9.17) is 12.6 Å². The van der Waals surface area contributed by atoms with Crippen LogP contribution in [0.3, 0.4) is 0 Å². The second-order valence-electron chi connectivity index (χ2n) is 1.64. The highest BCUT2D eigenvalue weighted by molar-refractivity contribution is 4.69. The fraction of sp³-hybridized carbons (Fsp3) is 1.00. The minimum Gasteiger partial charge on any atom is -0.390 e. The van der Waals surface area contributed by atoms with Gasteiger partial charge in [0.15, 0.2) is 0 Å². The third-order valence-electron chi connectivity index (χ3n) is 1.04. The Kier molecular flexibility index (Phi) is 0.784. The van der Waals surface area contributed by atoms with Gasteiger partial charge in [0.1, 0.15) is 0 Å². The Morgan fingerprint density at radius 3 is 3.43 bits per heavy atom.